The summed E-state index contributed by atoms with van der Waals surface area (Å²) < 4.78 is 33.2. The Morgan fingerprint density at radius 3 is 2.31 bits per heavy atom. The Labute approximate surface area is 224 Å². The first-order valence-corrected chi connectivity index (χ1v) is 11.7. The summed E-state index contributed by atoms with van der Waals surface area (Å²) in [5, 5.41) is 0. The fourth-order valence-corrected chi connectivity index (χ4v) is 5.82. The van der Waals surface area contributed by atoms with Crippen LogP contribution in [-0.4, -0.2) is 6.10 Å². The van der Waals surface area contributed by atoms with Crippen LogP contribution in [0.15, 0.2) is 12.1 Å². The molecule has 1 atom stereocenters. The molecule has 0 bridgehead atoms. The van der Waals surface area contributed by atoms with Gasteiger partial charge in [-0.05, 0) is 67.9 Å². The van der Waals surface area contributed by atoms with E-state index in [4.69, 9.17) is 4.74 Å². The van der Waals surface area contributed by atoms with Crippen LogP contribution in [-0.2, 0) is 6.42 Å². The van der Waals surface area contributed by atoms with Crippen LogP contribution in [0.5, 0.6) is 5.75 Å². The van der Waals surface area contributed by atoms with Crippen LogP contribution in [0, 0.1) is 35.8 Å². The molecule has 1 unspecified atom stereocenters. The molecule has 0 spiro atoms. The Hall–Kier alpha value is 0.685. The maximum atomic E-state index is 14.0. The molecular formula is C25H35F2ORb. The Bertz CT molecular complexity index is 636. The second-order valence-corrected chi connectivity index (χ2v) is 9.40. The third-order valence-electron chi connectivity index (χ3n) is 7.58. The van der Waals surface area contributed by atoms with E-state index < -0.39 is 11.6 Å². The van der Waals surface area contributed by atoms with Crippen LogP contribution in [0.2, 0.25) is 0 Å². The maximum absolute atomic E-state index is 14.0. The summed E-state index contributed by atoms with van der Waals surface area (Å²) in [4.78, 5) is 0. The monoisotopic (exact) mass is 474 g/mol. The van der Waals surface area contributed by atoms with E-state index in [1.54, 1.807) is 6.07 Å². The number of rotatable bonds is 6. The molecule has 2 fully saturated rings. The van der Waals surface area contributed by atoms with Crippen molar-refractivity contribution in [1.82, 2.24) is 0 Å². The fraction of sp³-hybridized carbons (Fsp3) is 0.720. The van der Waals surface area contributed by atoms with Gasteiger partial charge in [-0.25, -0.2) is 4.39 Å². The third kappa shape index (κ3) is 6.59. The Morgan fingerprint density at radius 1 is 0.862 bits per heavy atom. The fourth-order valence-electron chi connectivity index (χ4n) is 5.82. The molecule has 0 radical (unpaired) electrons. The molecule has 2 saturated carbocycles. The Morgan fingerprint density at radius 2 is 1.55 bits per heavy atom. The first-order valence-electron chi connectivity index (χ1n) is 11.7. The molecule has 3 aliphatic rings. The summed E-state index contributed by atoms with van der Waals surface area (Å²) in [7, 11) is 0. The van der Waals surface area contributed by atoms with E-state index in [2.05, 4.69) is 6.42 Å². The van der Waals surface area contributed by atoms with Gasteiger partial charge in [-0.3, -0.25) is 0 Å². The van der Waals surface area contributed by atoms with Crippen LogP contribution >= 0.6 is 0 Å². The van der Waals surface area contributed by atoms with Crippen LogP contribution in [0.1, 0.15) is 89.0 Å². The standard InChI is InChI=1S/C25H35F2O.Rb/c26-23-17-15-21-14-16-22(28-25(21)24(23)27)9-5-4-6-18-10-12-20(13-11-18)19-7-2-1-3-8-19;/h1,15,17-20,22H,2-14,16H2;/q-1;+1. The van der Waals surface area contributed by atoms with E-state index in [1.807, 2.05) is 0 Å². The van der Waals surface area contributed by atoms with Gasteiger partial charge in [-0.1, -0.05) is 44.6 Å². The molecule has 1 heterocycles. The van der Waals surface area contributed by atoms with Gasteiger partial charge in [0.2, 0.25) is 5.82 Å². The smallest absolute Gasteiger partial charge is 0.487 e. The average molecular weight is 475 g/mol. The summed E-state index contributed by atoms with van der Waals surface area (Å²) in [6.07, 6.45) is 20.2. The maximum Gasteiger partial charge on any atom is 1.00 e. The molecule has 0 N–H and O–H groups in total. The quantitative estimate of drug-likeness (QED) is 0.438. The van der Waals surface area contributed by atoms with Gasteiger partial charge in [0.25, 0.3) is 0 Å². The Balaban J connectivity index is 0.00000240. The molecule has 29 heavy (non-hydrogen) atoms. The molecule has 4 heteroatoms. The van der Waals surface area contributed by atoms with Crippen molar-refractivity contribution in [3.63, 3.8) is 0 Å². The number of aryl methyl sites for hydroxylation is 1. The first-order chi connectivity index (χ1) is 13.7. The predicted octanol–water partition coefficient (Wildman–Crippen LogP) is 4.42. The van der Waals surface area contributed by atoms with Crippen molar-refractivity contribution >= 4 is 0 Å². The van der Waals surface area contributed by atoms with Gasteiger partial charge in [-0.15, -0.1) is 0 Å². The minimum absolute atomic E-state index is 0. The van der Waals surface area contributed by atoms with E-state index in [0.717, 1.165) is 49.0 Å². The first kappa shape index (κ1) is 24.3. The van der Waals surface area contributed by atoms with Crippen molar-refractivity contribution in [3.05, 3.63) is 35.8 Å². The van der Waals surface area contributed by atoms with E-state index in [-0.39, 0.29) is 70.0 Å². The van der Waals surface area contributed by atoms with Crippen LogP contribution in [0.4, 0.5) is 8.78 Å². The molecule has 156 valence electrons. The number of hydrogen-bond donors (Lipinski definition) is 0. The van der Waals surface area contributed by atoms with Crippen molar-refractivity contribution in [2.45, 2.75) is 96.0 Å². The van der Waals surface area contributed by atoms with Gasteiger partial charge in [0.15, 0.2) is 11.6 Å². The molecule has 0 aromatic heterocycles. The van der Waals surface area contributed by atoms with Crippen molar-refractivity contribution in [1.29, 1.82) is 0 Å². The molecule has 1 aromatic carbocycles. The van der Waals surface area contributed by atoms with Gasteiger partial charge >= 0.3 is 58.2 Å². The van der Waals surface area contributed by atoms with E-state index >= 15 is 0 Å². The van der Waals surface area contributed by atoms with Crippen LogP contribution < -0.4 is 62.9 Å². The molecule has 0 amide bonds. The van der Waals surface area contributed by atoms with Crippen molar-refractivity contribution in [3.8, 4) is 5.75 Å². The number of benzene rings is 1. The Kier molecular flexibility index (Phi) is 10.1. The van der Waals surface area contributed by atoms with Gasteiger partial charge in [0, 0.05) is 0 Å². The minimum atomic E-state index is -0.810. The molecule has 2 aliphatic carbocycles. The van der Waals surface area contributed by atoms with E-state index in [0.29, 0.717) is 0 Å². The summed E-state index contributed by atoms with van der Waals surface area (Å²) in [5.41, 5.74) is 0.808. The van der Waals surface area contributed by atoms with Gasteiger partial charge in [-0.2, -0.15) is 17.2 Å². The van der Waals surface area contributed by atoms with Crippen LogP contribution in [0.25, 0.3) is 0 Å². The molecule has 1 nitrogen and oxygen atoms in total. The van der Waals surface area contributed by atoms with Crippen molar-refractivity contribution in [2.24, 2.45) is 17.8 Å². The summed E-state index contributed by atoms with van der Waals surface area (Å²) in [6, 6.07) is 2.87. The number of ether oxygens (including phenoxy) is 1. The van der Waals surface area contributed by atoms with E-state index in [9.17, 15) is 8.78 Å². The molecular weight excluding hydrogens is 440 g/mol. The molecule has 1 aliphatic heterocycles. The normalized spacial score (nSPS) is 27.6. The average Bonchev–Trinajstić information content (AvgIpc) is 2.75. The summed E-state index contributed by atoms with van der Waals surface area (Å²) in [5.74, 6) is 1.45. The minimum Gasteiger partial charge on any atom is -0.487 e. The zero-order valence-electron chi connectivity index (χ0n) is 18.1. The topological polar surface area (TPSA) is 9.23 Å². The van der Waals surface area contributed by atoms with Gasteiger partial charge in [0.05, 0.1) is 6.10 Å². The SMILES string of the molecule is Fc1ccc2c(c1F)OC(CCCCC1CCC(C3CC[CH-]CC3)CC1)CC2.[Rb+]. The molecule has 1 aromatic rings. The van der Waals surface area contributed by atoms with Crippen molar-refractivity contribution in [2.75, 3.05) is 0 Å². The van der Waals surface area contributed by atoms with Crippen LogP contribution in [0.3, 0.4) is 0 Å². The second-order valence-electron chi connectivity index (χ2n) is 9.40. The predicted molar refractivity (Wildman–Crippen MR) is 109 cm³/mol. The molecule has 0 saturated heterocycles. The zero-order chi connectivity index (χ0) is 19.3. The van der Waals surface area contributed by atoms with Gasteiger partial charge < -0.3 is 11.2 Å². The number of halogens is 2. The zero-order valence-corrected chi connectivity index (χ0v) is 23.0. The number of hydrogen-bond acceptors (Lipinski definition) is 1. The van der Waals surface area contributed by atoms with E-state index in [1.165, 1.54) is 70.3 Å². The number of fused-ring (bicyclic) bond motifs is 1. The summed E-state index contributed by atoms with van der Waals surface area (Å²) in [6.45, 7) is 0. The molecule has 4 rings (SSSR count). The summed E-state index contributed by atoms with van der Waals surface area (Å²) >= 11 is 0. The second kappa shape index (κ2) is 12.1. The third-order valence-corrected chi connectivity index (χ3v) is 7.58. The number of unbranched alkanes of at least 4 members (excludes halogenated alkanes) is 1. The van der Waals surface area contributed by atoms with Crippen molar-refractivity contribution < 1.29 is 71.7 Å². The largest absolute Gasteiger partial charge is 1.00 e. The van der Waals surface area contributed by atoms with Gasteiger partial charge in [0.1, 0.15) is 0 Å².